The van der Waals surface area contributed by atoms with Crippen LogP contribution in [0, 0.1) is 0 Å². The fraction of sp³-hybridized carbons (Fsp3) is 0.529. The van der Waals surface area contributed by atoms with Crippen LogP contribution in [0.25, 0.3) is 0 Å². The van der Waals surface area contributed by atoms with E-state index in [9.17, 15) is 0 Å². The van der Waals surface area contributed by atoms with Gasteiger partial charge in [-0.15, -0.1) is 6.58 Å². The van der Waals surface area contributed by atoms with Crippen LogP contribution < -0.4 is 0 Å². The molecule has 20 heavy (non-hydrogen) atoms. The lowest BCUT2D eigenvalue weighted by molar-refractivity contribution is -0.143. The summed E-state index contributed by atoms with van der Waals surface area (Å²) in [4.78, 5) is 0. The van der Waals surface area contributed by atoms with E-state index in [0.29, 0.717) is 6.61 Å². The first-order chi connectivity index (χ1) is 9.61. The second-order valence-electron chi connectivity index (χ2n) is 5.55. The smallest absolute Gasteiger partial charge is 0.164 e. The molecule has 0 radical (unpaired) electrons. The Morgan fingerprint density at radius 2 is 2.00 bits per heavy atom. The average molecular weight is 276 g/mol. The van der Waals surface area contributed by atoms with Crippen molar-refractivity contribution in [3.63, 3.8) is 0 Å². The van der Waals surface area contributed by atoms with Crippen LogP contribution in [0.5, 0.6) is 0 Å². The Hall–Kier alpha value is -1.16. The normalized spacial score (nSPS) is 24.7. The SMILES string of the molecule is C=C[C@@H]1OC(C)(C)O[C@@H]1CCCOCc1ccccc1. The summed E-state index contributed by atoms with van der Waals surface area (Å²) >= 11 is 0. The molecule has 0 aliphatic carbocycles. The molecule has 110 valence electrons. The van der Waals surface area contributed by atoms with Gasteiger partial charge in [-0.2, -0.15) is 0 Å². The Balaban J connectivity index is 1.65. The second kappa shape index (κ2) is 7.02. The van der Waals surface area contributed by atoms with Crippen molar-refractivity contribution < 1.29 is 14.2 Å². The molecule has 0 unspecified atom stereocenters. The molecule has 3 heteroatoms. The Morgan fingerprint density at radius 1 is 1.25 bits per heavy atom. The van der Waals surface area contributed by atoms with E-state index in [-0.39, 0.29) is 12.2 Å². The summed E-state index contributed by atoms with van der Waals surface area (Å²) in [6.45, 7) is 9.09. The van der Waals surface area contributed by atoms with Crippen LogP contribution in [0.1, 0.15) is 32.3 Å². The molecule has 1 aromatic rings. The number of rotatable bonds is 7. The molecular formula is C17H24O3. The maximum atomic E-state index is 5.87. The van der Waals surface area contributed by atoms with Crippen molar-refractivity contribution in [2.45, 2.75) is 51.3 Å². The maximum Gasteiger partial charge on any atom is 0.164 e. The first-order valence-electron chi connectivity index (χ1n) is 7.20. The molecule has 1 saturated heterocycles. The number of benzene rings is 1. The standard InChI is InChI=1S/C17H24O3/c1-4-15-16(20-17(2,3)19-15)11-8-12-18-13-14-9-6-5-7-10-14/h4-7,9-10,15-16H,1,8,11-13H2,2-3H3/t15-,16+/m0/s1. The van der Waals surface area contributed by atoms with Crippen LogP contribution >= 0.6 is 0 Å². The van der Waals surface area contributed by atoms with Crippen LogP contribution in [0.3, 0.4) is 0 Å². The summed E-state index contributed by atoms with van der Waals surface area (Å²) in [5.74, 6) is -0.506. The van der Waals surface area contributed by atoms with Gasteiger partial charge in [0.1, 0.15) is 6.10 Å². The number of hydrogen-bond donors (Lipinski definition) is 0. The van der Waals surface area contributed by atoms with Crippen LogP contribution in [0.15, 0.2) is 43.0 Å². The largest absolute Gasteiger partial charge is 0.377 e. The molecule has 1 aromatic carbocycles. The van der Waals surface area contributed by atoms with Gasteiger partial charge in [-0.05, 0) is 32.3 Å². The third-order valence-electron chi connectivity index (χ3n) is 3.34. The van der Waals surface area contributed by atoms with Gasteiger partial charge in [-0.1, -0.05) is 36.4 Å². The molecule has 0 spiro atoms. The quantitative estimate of drug-likeness (QED) is 0.561. The fourth-order valence-corrected chi connectivity index (χ4v) is 2.44. The molecule has 1 fully saturated rings. The number of ether oxygens (including phenoxy) is 3. The molecule has 2 atom stereocenters. The van der Waals surface area contributed by atoms with Crippen molar-refractivity contribution in [3.8, 4) is 0 Å². The minimum absolute atomic E-state index is 0.0147. The van der Waals surface area contributed by atoms with Crippen LogP contribution in [-0.4, -0.2) is 24.6 Å². The van der Waals surface area contributed by atoms with Gasteiger partial charge in [0, 0.05) is 6.61 Å². The van der Waals surface area contributed by atoms with Crippen LogP contribution in [0.4, 0.5) is 0 Å². The Bertz CT molecular complexity index is 414. The minimum Gasteiger partial charge on any atom is -0.377 e. The molecule has 3 nitrogen and oxygen atoms in total. The molecule has 0 bridgehead atoms. The van der Waals surface area contributed by atoms with Crippen molar-refractivity contribution >= 4 is 0 Å². The van der Waals surface area contributed by atoms with Gasteiger partial charge < -0.3 is 14.2 Å². The maximum absolute atomic E-state index is 5.87. The third kappa shape index (κ3) is 4.44. The summed E-state index contributed by atoms with van der Waals surface area (Å²) in [7, 11) is 0. The van der Waals surface area contributed by atoms with Crippen molar-refractivity contribution in [1.82, 2.24) is 0 Å². The first-order valence-corrected chi connectivity index (χ1v) is 7.20. The predicted octanol–water partition coefficient (Wildman–Crippen LogP) is 3.69. The molecule has 1 aliphatic heterocycles. The van der Waals surface area contributed by atoms with Gasteiger partial charge in [-0.3, -0.25) is 0 Å². The monoisotopic (exact) mass is 276 g/mol. The lowest BCUT2D eigenvalue weighted by Gasteiger charge is -2.16. The molecule has 0 aromatic heterocycles. The van der Waals surface area contributed by atoms with Gasteiger partial charge in [0.05, 0.1) is 12.7 Å². The summed E-state index contributed by atoms with van der Waals surface area (Å²) in [5, 5.41) is 0. The van der Waals surface area contributed by atoms with Gasteiger partial charge in [0.25, 0.3) is 0 Å². The molecule has 0 amide bonds. The summed E-state index contributed by atoms with van der Waals surface area (Å²) in [5.41, 5.74) is 1.21. The van der Waals surface area contributed by atoms with Crippen molar-refractivity contribution in [3.05, 3.63) is 48.6 Å². The highest BCUT2D eigenvalue weighted by molar-refractivity contribution is 5.13. The van der Waals surface area contributed by atoms with E-state index in [1.165, 1.54) is 5.56 Å². The molecule has 0 saturated carbocycles. The topological polar surface area (TPSA) is 27.7 Å². The molecule has 1 aliphatic rings. The third-order valence-corrected chi connectivity index (χ3v) is 3.34. The van der Waals surface area contributed by atoms with Crippen molar-refractivity contribution in [2.24, 2.45) is 0 Å². The van der Waals surface area contributed by atoms with Crippen LogP contribution in [0.2, 0.25) is 0 Å². The molecule has 1 heterocycles. The van der Waals surface area contributed by atoms with Gasteiger partial charge >= 0.3 is 0 Å². The van der Waals surface area contributed by atoms with E-state index in [0.717, 1.165) is 19.4 Å². The molecule has 0 N–H and O–H groups in total. The van der Waals surface area contributed by atoms with Gasteiger partial charge in [-0.25, -0.2) is 0 Å². The van der Waals surface area contributed by atoms with Gasteiger partial charge in [0.2, 0.25) is 0 Å². The van der Waals surface area contributed by atoms with Crippen LogP contribution in [-0.2, 0) is 20.8 Å². The molecule has 2 rings (SSSR count). The summed E-state index contributed by atoms with van der Waals surface area (Å²) < 4.78 is 17.3. The van der Waals surface area contributed by atoms with Gasteiger partial charge in [0.15, 0.2) is 5.79 Å². The van der Waals surface area contributed by atoms with E-state index in [1.807, 2.05) is 38.1 Å². The molecular weight excluding hydrogens is 252 g/mol. The Kier molecular flexibility index (Phi) is 5.35. The second-order valence-corrected chi connectivity index (χ2v) is 5.55. The zero-order valence-corrected chi connectivity index (χ0v) is 12.4. The van der Waals surface area contributed by atoms with E-state index in [1.54, 1.807) is 0 Å². The average Bonchev–Trinajstić information content (AvgIpc) is 2.74. The Morgan fingerprint density at radius 3 is 2.70 bits per heavy atom. The summed E-state index contributed by atoms with van der Waals surface area (Å²) in [6.07, 6.45) is 3.78. The van der Waals surface area contributed by atoms with E-state index in [2.05, 4.69) is 18.7 Å². The summed E-state index contributed by atoms with van der Waals surface area (Å²) in [6, 6.07) is 10.2. The highest BCUT2D eigenvalue weighted by atomic mass is 16.7. The van der Waals surface area contributed by atoms with Crippen molar-refractivity contribution in [1.29, 1.82) is 0 Å². The van der Waals surface area contributed by atoms with E-state index < -0.39 is 5.79 Å². The minimum atomic E-state index is -0.506. The fourth-order valence-electron chi connectivity index (χ4n) is 2.44. The predicted molar refractivity (Wildman–Crippen MR) is 79.4 cm³/mol. The van der Waals surface area contributed by atoms with E-state index >= 15 is 0 Å². The first kappa shape index (κ1) is 15.2. The number of hydrogen-bond acceptors (Lipinski definition) is 3. The highest BCUT2D eigenvalue weighted by Crippen LogP contribution is 2.30. The lowest BCUT2D eigenvalue weighted by atomic mass is 10.1. The zero-order valence-electron chi connectivity index (χ0n) is 12.4. The zero-order chi connectivity index (χ0) is 14.4. The van der Waals surface area contributed by atoms with E-state index in [4.69, 9.17) is 14.2 Å². The highest BCUT2D eigenvalue weighted by Gasteiger charge is 2.38. The van der Waals surface area contributed by atoms with Crippen molar-refractivity contribution in [2.75, 3.05) is 6.61 Å². The lowest BCUT2D eigenvalue weighted by Crippen LogP contribution is -2.21. The Labute approximate surface area is 121 Å².